The summed E-state index contributed by atoms with van der Waals surface area (Å²) in [4.78, 5) is 30.2. The zero-order valence-electron chi connectivity index (χ0n) is 10.8. The van der Waals surface area contributed by atoms with Gasteiger partial charge in [0.15, 0.2) is 0 Å². The summed E-state index contributed by atoms with van der Waals surface area (Å²) in [6.45, 7) is 3.52. The summed E-state index contributed by atoms with van der Waals surface area (Å²) in [5.74, 6) is 0.256. The van der Waals surface area contributed by atoms with Gasteiger partial charge in [0.1, 0.15) is 5.82 Å². The molecule has 0 bridgehead atoms. The normalized spacial score (nSPS) is 11.9. The number of nitrogens with one attached hydrogen (secondary N) is 2. The average molecular weight is 257 g/mol. The lowest BCUT2D eigenvalue weighted by Crippen LogP contribution is -2.29. The molecule has 0 saturated heterocycles. The Labute approximate surface area is 110 Å². The van der Waals surface area contributed by atoms with Crippen molar-refractivity contribution in [3.05, 3.63) is 63.8 Å². The summed E-state index contributed by atoms with van der Waals surface area (Å²) in [7, 11) is 0. The van der Waals surface area contributed by atoms with Gasteiger partial charge >= 0.3 is 0 Å². The number of aryl methyl sites for hydroxylation is 1. The van der Waals surface area contributed by atoms with Crippen molar-refractivity contribution in [2.24, 2.45) is 0 Å². The van der Waals surface area contributed by atoms with E-state index in [1.54, 1.807) is 38.1 Å². The number of aromatic amines is 1. The van der Waals surface area contributed by atoms with Crippen LogP contribution >= 0.6 is 0 Å². The zero-order valence-corrected chi connectivity index (χ0v) is 10.8. The summed E-state index contributed by atoms with van der Waals surface area (Å²) < 4.78 is 0. The van der Waals surface area contributed by atoms with E-state index in [-0.39, 0.29) is 17.5 Å². The van der Waals surface area contributed by atoms with Gasteiger partial charge in [-0.3, -0.25) is 9.59 Å². The first-order valence-electron chi connectivity index (χ1n) is 6.00. The molecule has 0 aliphatic carbocycles. The van der Waals surface area contributed by atoms with Crippen LogP contribution in [0.15, 0.2) is 41.2 Å². The summed E-state index contributed by atoms with van der Waals surface area (Å²) >= 11 is 0. The van der Waals surface area contributed by atoms with Gasteiger partial charge in [0.25, 0.3) is 11.5 Å². The Kier molecular flexibility index (Phi) is 3.75. The van der Waals surface area contributed by atoms with Gasteiger partial charge < -0.3 is 10.3 Å². The second-order valence-electron chi connectivity index (χ2n) is 4.33. The zero-order chi connectivity index (χ0) is 13.8. The highest BCUT2D eigenvalue weighted by Crippen LogP contribution is 2.07. The standard InChI is InChI=1S/C14H15N3O2/c1-9-8-12(18)17-13(15-9)10(2)16-14(19)11-6-4-3-5-7-11/h3-8,10H,1-2H3,(H,16,19)(H,15,17,18). The quantitative estimate of drug-likeness (QED) is 0.876. The number of carbonyl (C=O) groups excluding carboxylic acids is 1. The molecule has 5 nitrogen and oxygen atoms in total. The summed E-state index contributed by atoms with van der Waals surface area (Å²) in [5.41, 5.74) is 0.979. The topological polar surface area (TPSA) is 74.8 Å². The first-order chi connectivity index (χ1) is 9.06. The molecular weight excluding hydrogens is 242 g/mol. The molecule has 0 radical (unpaired) electrons. The molecule has 2 N–H and O–H groups in total. The predicted octanol–water partition coefficient (Wildman–Crippen LogP) is 1.57. The third kappa shape index (κ3) is 3.28. The van der Waals surface area contributed by atoms with Gasteiger partial charge in [-0.2, -0.15) is 0 Å². The molecule has 1 aromatic carbocycles. The Bertz CT molecular complexity index is 635. The Hall–Kier alpha value is -2.43. The van der Waals surface area contributed by atoms with Gasteiger partial charge in [-0.15, -0.1) is 0 Å². The number of H-pyrrole nitrogens is 1. The van der Waals surface area contributed by atoms with Crippen molar-refractivity contribution >= 4 is 5.91 Å². The highest BCUT2D eigenvalue weighted by atomic mass is 16.1. The van der Waals surface area contributed by atoms with E-state index in [1.165, 1.54) is 6.07 Å². The minimum Gasteiger partial charge on any atom is -0.342 e. The van der Waals surface area contributed by atoms with Crippen LogP contribution < -0.4 is 10.9 Å². The van der Waals surface area contributed by atoms with Crippen LogP contribution in [-0.4, -0.2) is 15.9 Å². The van der Waals surface area contributed by atoms with Gasteiger partial charge in [0, 0.05) is 17.3 Å². The maximum Gasteiger partial charge on any atom is 0.251 e. The minimum absolute atomic E-state index is 0.197. The van der Waals surface area contributed by atoms with Gasteiger partial charge in [-0.1, -0.05) is 18.2 Å². The fourth-order valence-electron chi connectivity index (χ4n) is 1.75. The molecule has 0 aliphatic rings. The first-order valence-corrected chi connectivity index (χ1v) is 6.00. The Morgan fingerprint density at radius 3 is 2.63 bits per heavy atom. The number of rotatable bonds is 3. The van der Waals surface area contributed by atoms with Crippen LogP contribution in [-0.2, 0) is 0 Å². The van der Waals surface area contributed by atoms with E-state index < -0.39 is 0 Å². The van der Waals surface area contributed by atoms with Crippen LogP contribution in [0, 0.1) is 6.92 Å². The van der Waals surface area contributed by atoms with Crippen LogP contribution in [0.1, 0.15) is 34.8 Å². The van der Waals surface area contributed by atoms with Gasteiger partial charge in [-0.05, 0) is 26.0 Å². The fourth-order valence-corrected chi connectivity index (χ4v) is 1.75. The molecule has 1 heterocycles. The van der Waals surface area contributed by atoms with Crippen molar-refractivity contribution in [1.82, 2.24) is 15.3 Å². The van der Waals surface area contributed by atoms with Gasteiger partial charge in [0.2, 0.25) is 0 Å². The molecule has 1 atom stereocenters. The number of aromatic nitrogens is 2. The monoisotopic (exact) mass is 257 g/mol. The highest BCUT2D eigenvalue weighted by molar-refractivity contribution is 5.94. The van der Waals surface area contributed by atoms with E-state index in [4.69, 9.17) is 0 Å². The van der Waals surface area contributed by atoms with Crippen LogP contribution in [0.5, 0.6) is 0 Å². The molecule has 0 fully saturated rings. The van der Waals surface area contributed by atoms with Crippen LogP contribution in [0.3, 0.4) is 0 Å². The number of benzene rings is 1. The Morgan fingerprint density at radius 2 is 2.00 bits per heavy atom. The SMILES string of the molecule is Cc1cc(=O)[nH]c(C(C)NC(=O)c2ccccc2)n1. The molecule has 1 amide bonds. The second kappa shape index (κ2) is 5.48. The number of nitrogens with zero attached hydrogens (tertiary/aromatic N) is 1. The molecule has 0 aliphatic heterocycles. The van der Waals surface area contributed by atoms with E-state index >= 15 is 0 Å². The molecule has 5 heteroatoms. The van der Waals surface area contributed by atoms with Crippen molar-refractivity contribution in [3.8, 4) is 0 Å². The number of hydrogen-bond donors (Lipinski definition) is 2. The van der Waals surface area contributed by atoms with Crippen molar-refractivity contribution in [1.29, 1.82) is 0 Å². The van der Waals surface area contributed by atoms with E-state index in [0.29, 0.717) is 17.1 Å². The predicted molar refractivity (Wildman–Crippen MR) is 71.9 cm³/mol. The lowest BCUT2D eigenvalue weighted by atomic mass is 10.2. The van der Waals surface area contributed by atoms with E-state index in [9.17, 15) is 9.59 Å². The van der Waals surface area contributed by atoms with E-state index in [0.717, 1.165) is 0 Å². The van der Waals surface area contributed by atoms with Crippen LogP contribution in [0.2, 0.25) is 0 Å². The lowest BCUT2D eigenvalue weighted by Gasteiger charge is -2.13. The molecule has 2 aromatic rings. The summed E-state index contributed by atoms with van der Waals surface area (Å²) in [5, 5.41) is 2.80. The van der Waals surface area contributed by atoms with Crippen LogP contribution in [0.4, 0.5) is 0 Å². The largest absolute Gasteiger partial charge is 0.342 e. The highest BCUT2D eigenvalue weighted by Gasteiger charge is 2.13. The lowest BCUT2D eigenvalue weighted by molar-refractivity contribution is 0.0938. The number of carbonyl (C=O) groups is 1. The first kappa shape index (κ1) is 13.0. The van der Waals surface area contributed by atoms with Gasteiger partial charge in [-0.25, -0.2) is 4.98 Å². The van der Waals surface area contributed by atoms with E-state index in [2.05, 4.69) is 15.3 Å². The summed E-state index contributed by atoms with van der Waals surface area (Å²) in [6, 6.07) is 9.96. The van der Waals surface area contributed by atoms with E-state index in [1.807, 2.05) is 6.07 Å². The van der Waals surface area contributed by atoms with Crippen LogP contribution in [0.25, 0.3) is 0 Å². The Balaban J connectivity index is 2.15. The average Bonchev–Trinajstić information content (AvgIpc) is 2.38. The molecular formula is C14H15N3O2. The van der Waals surface area contributed by atoms with Gasteiger partial charge in [0.05, 0.1) is 6.04 Å². The van der Waals surface area contributed by atoms with Crippen molar-refractivity contribution in [2.75, 3.05) is 0 Å². The van der Waals surface area contributed by atoms with Crippen molar-refractivity contribution in [3.63, 3.8) is 0 Å². The fraction of sp³-hybridized carbons (Fsp3) is 0.214. The summed E-state index contributed by atoms with van der Waals surface area (Å²) in [6.07, 6.45) is 0. The molecule has 2 rings (SSSR count). The smallest absolute Gasteiger partial charge is 0.251 e. The Morgan fingerprint density at radius 1 is 1.32 bits per heavy atom. The molecule has 0 spiro atoms. The third-order valence-electron chi connectivity index (χ3n) is 2.68. The molecule has 98 valence electrons. The maximum absolute atomic E-state index is 12.0. The second-order valence-corrected chi connectivity index (χ2v) is 4.33. The minimum atomic E-state index is -0.361. The van der Waals surface area contributed by atoms with Crippen molar-refractivity contribution in [2.45, 2.75) is 19.9 Å². The molecule has 1 aromatic heterocycles. The number of amides is 1. The maximum atomic E-state index is 12.0. The third-order valence-corrected chi connectivity index (χ3v) is 2.68. The number of hydrogen-bond acceptors (Lipinski definition) is 3. The van der Waals surface area contributed by atoms with Crippen molar-refractivity contribution < 1.29 is 4.79 Å². The molecule has 0 saturated carbocycles. The molecule has 1 unspecified atom stereocenters. The molecule has 19 heavy (non-hydrogen) atoms.